The lowest BCUT2D eigenvalue weighted by atomic mass is 9.74. The summed E-state index contributed by atoms with van der Waals surface area (Å²) in [5.41, 5.74) is 5.29. The lowest BCUT2D eigenvalue weighted by molar-refractivity contribution is 0.0666. The van der Waals surface area contributed by atoms with Gasteiger partial charge in [-0.1, -0.05) is 36.4 Å². The third-order valence-electron chi connectivity index (χ3n) is 10.2. The lowest BCUT2D eigenvalue weighted by Gasteiger charge is -2.40. The molecule has 45 heavy (non-hydrogen) atoms. The van der Waals surface area contributed by atoms with E-state index in [0.717, 1.165) is 69.9 Å². The zero-order valence-electron chi connectivity index (χ0n) is 26.0. The minimum Gasteiger partial charge on any atom is -0.507 e. The highest BCUT2D eigenvalue weighted by atomic mass is 32.2. The molecule has 0 radical (unpaired) electrons. The zero-order chi connectivity index (χ0) is 31.6. The number of fused-ring (bicyclic) bond motifs is 2. The van der Waals surface area contributed by atoms with Crippen LogP contribution in [0.25, 0.3) is 0 Å². The van der Waals surface area contributed by atoms with E-state index in [1.165, 1.54) is 41.3 Å². The zero-order valence-corrected chi connectivity index (χ0v) is 26.8. The van der Waals surface area contributed by atoms with Crippen molar-refractivity contribution in [2.75, 3.05) is 32.5 Å². The molecule has 2 fully saturated rings. The molecule has 3 aromatic rings. The lowest BCUT2D eigenvalue weighted by Crippen LogP contribution is -2.44. The fourth-order valence-electron chi connectivity index (χ4n) is 7.57. The van der Waals surface area contributed by atoms with E-state index in [1.807, 2.05) is 17.0 Å². The summed E-state index contributed by atoms with van der Waals surface area (Å²) >= 11 is 0. The van der Waals surface area contributed by atoms with Crippen LogP contribution in [0.2, 0.25) is 0 Å². The molecule has 240 valence electrons. The number of piperidine rings is 1. The fourth-order valence-corrected chi connectivity index (χ4v) is 8.35. The number of phenols is 1. The van der Waals surface area contributed by atoms with Gasteiger partial charge < -0.3 is 25.2 Å². The standard InChI is InChI=1S/C36H44N2O6S/c1-45(42,43)34-22-31(14-15-33(34)40)44-24-30(39)23-37-29-12-10-26(11-13-29)25-6-8-28(9-7-25)35(41)38-20-18-36(19-21-38)17-16-27-4-2-3-5-32(27)36/h2-9,14-15,22,26,29-30,37,39-40H,10-13,16-21,23-24H2,1H3/t26?,29?,30-/m0/s1. The van der Waals surface area contributed by atoms with E-state index in [1.54, 1.807) is 0 Å². The smallest absolute Gasteiger partial charge is 0.253 e. The highest BCUT2D eigenvalue weighted by molar-refractivity contribution is 7.90. The summed E-state index contributed by atoms with van der Waals surface area (Å²) in [6, 6.07) is 21.4. The predicted molar refractivity (Wildman–Crippen MR) is 174 cm³/mol. The van der Waals surface area contributed by atoms with E-state index in [4.69, 9.17) is 4.74 Å². The van der Waals surface area contributed by atoms with Gasteiger partial charge in [-0.15, -0.1) is 0 Å². The van der Waals surface area contributed by atoms with Crippen molar-refractivity contribution in [2.24, 2.45) is 0 Å². The Morgan fingerprint density at radius 2 is 1.71 bits per heavy atom. The third kappa shape index (κ3) is 7.05. The van der Waals surface area contributed by atoms with Crippen molar-refractivity contribution < 1.29 is 28.2 Å². The number of amides is 1. The summed E-state index contributed by atoms with van der Waals surface area (Å²) in [5.74, 6) is 0.546. The molecular weight excluding hydrogens is 588 g/mol. The van der Waals surface area contributed by atoms with Crippen LogP contribution in [0, 0.1) is 0 Å². The van der Waals surface area contributed by atoms with Gasteiger partial charge in [0.05, 0.1) is 0 Å². The summed E-state index contributed by atoms with van der Waals surface area (Å²) in [5, 5.41) is 23.7. The molecule has 6 rings (SSSR count). The maximum Gasteiger partial charge on any atom is 0.253 e. The molecule has 1 saturated heterocycles. The second-order valence-electron chi connectivity index (χ2n) is 13.2. The first-order valence-electron chi connectivity index (χ1n) is 16.2. The fraction of sp³-hybridized carbons (Fsp3) is 0.472. The first-order chi connectivity index (χ1) is 21.6. The number of hydrogen-bond donors (Lipinski definition) is 3. The van der Waals surface area contributed by atoms with Crippen LogP contribution >= 0.6 is 0 Å². The van der Waals surface area contributed by atoms with Gasteiger partial charge in [-0.25, -0.2) is 8.42 Å². The monoisotopic (exact) mass is 632 g/mol. The quantitative estimate of drug-likeness (QED) is 0.305. The molecule has 1 heterocycles. The van der Waals surface area contributed by atoms with E-state index in [9.17, 15) is 23.4 Å². The van der Waals surface area contributed by atoms with Gasteiger partial charge in [0.15, 0.2) is 9.84 Å². The van der Waals surface area contributed by atoms with E-state index in [2.05, 4.69) is 41.7 Å². The number of nitrogens with one attached hydrogen (secondary N) is 1. The van der Waals surface area contributed by atoms with Crippen LogP contribution in [0.15, 0.2) is 71.6 Å². The molecule has 1 amide bonds. The van der Waals surface area contributed by atoms with Crippen molar-refractivity contribution in [3.05, 3.63) is 89.0 Å². The second kappa shape index (κ2) is 13.1. The molecule has 2 aliphatic carbocycles. The molecule has 1 spiro atoms. The minimum atomic E-state index is -3.59. The van der Waals surface area contributed by atoms with Crippen molar-refractivity contribution in [1.82, 2.24) is 10.2 Å². The average molecular weight is 633 g/mol. The Bertz CT molecular complexity index is 1610. The number of aryl methyl sites for hydroxylation is 1. The Kier molecular flexibility index (Phi) is 9.22. The van der Waals surface area contributed by atoms with Gasteiger partial charge in [-0.3, -0.25) is 4.79 Å². The number of aliphatic hydroxyl groups is 1. The summed E-state index contributed by atoms with van der Waals surface area (Å²) in [7, 11) is -3.59. The van der Waals surface area contributed by atoms with Gasteiger partial charge in [0, 0.05) is 43.6 Å². The van der Waals surface area contributed by atoms with Crippen LogP contribution in [0.5, 0.6) is 11.5 Å². The summed E-state index contributed by atoms with van der Waals surface area (Å²) in [6.07, 6.45) is 8.76. The van der Waals surface area contributed by atoms with Crippen molar-refractivity contribution in [3.8, 4) is 11.5 Å². The van der Waals surface area contributed by atoms with Crippen molar-refractivity contribution in [3.63, 3.8) is 0 Å². The molecule has 9 heteroatoms. The van der Waals surface area contributed by atoms with Crippen molar-refractivity contribution in [1.29, 1.82) is 0 Å². The van der Waals surface area contributed by atoms with Crippen molar-refractivity contribution >= 4 is 15.7 Å². The van der Waals surface area contributed by atoms with Gasteiger partial charge in [-0.2, -0.15) is 0 Å². The average Bonchev–Trinajstić information content (AvgIpc) is 3.41. The molecule has 1 saturated carbocycles. The van der Waals surface area contributed by atoms with E-state index in [-0.39, 0.29) is 34.3 Å². The molecule has 0 unspecified atom stereocenters. The van der Waals surface area contributed by atoms with Crippen LogP contribution in [-0.2, 0) is 21.7 Å². The first-order valence-corrected chi connectivity index (χ1v) is 18.1. The molecule has 3 aromatic carbocycles. The molecule has 8 nitrogen and oxygen atoms in total. The maximum atomic E-state index is 13.4. The van der Waals surface area contributed by atoms with Gasteiger partial charge in [0.25, 0.3) is 5.91 Å². The number of nitrogens with zero attached hydrogens (tertiary/aromatic N) is 1. The van der Waals surface area contributed by atoms with E-state index >= 15 is 0 Å². The number of benzene rings is 3. The summed E-state index contributed by atoms with van der Waals surface area (Å²) < 4.78 is 29.2. The number of hydrogen-bond acceptors (Lipinski definition) is 7. The van der Waals surface area contributed by atoms with Crippen LogP contribution in [-0.4, -0.2) is 74.1 Å². The van der Waals surface area contributed by atoms with E-state index < -0.39 is 15.9 Å². The molecular formula is C36H44N2O6S. The van der Waals surface area contributed by atoms with Gasteiger partial charge in [0.1, 0.15) is 29.1 Å². The summed E-state index contributed by atoms with van der Waals surface area (Å²) in [6.45, 7) is 2.00. The van der Waals surface area contributed by atoms with Crippen LogP contribution in [0.4, 0.5) is 0 Å². The Balaban J connectivity index is 0.929. The SMILES string of the molecule is CS(=O)(=O)c1cc(OC[C@@H](O)CNC2CCC(c3ccc(C(=O)N4CCC5(CCc6ccccc65)CC4)cc3)CC2)ccc1O. The van der Waals surface area contributed by atoms with Crippen LogP contribution in [0.1, 0.15) is 77.9 Å². The highest BCUT2D eigenvalue weighted by Crippen LogP contribution is 2.46. The number of sulfone groups is 1. The molecule has 1 atom stereocenters. The predicted octanol–water partition coefficient (Wildman–Crippen LogP) is 4.97. The van der Waals surface area contributed by atoms with Gasteiger partial charge in [0.2, 0.25) is 0 Å². The number of carbonyl (C=O) groups is 1. The second-order valence-corrected chi connectivity index (χ2v) is 15.2. The van der Waals surface area contributed by atoms with Crippen molar-refractivity contribution in [2.45, 2.75) is 79.7 Å². The number of carbonyl (C=O) groups excluding carboxylic acids is 1. The Morgan fingerprint density at radius 1 is 1.00 bits per heavy atom. The Labute approximate surface area is 266 Å². The van der Waals surface area contributed by atoms with E-state index in [0.29, 0.717) is 18.5 Å². The number of aliphatic hydroxyl groups excluding tert-OH is 1. The number of phenolic OH excluding ortho intramolecular Hbond substituents is 1. The third-order valence-corrected chi connectivity index (χ3v) is 11.4. The van der Waals surface area contributed by atoms with Gasteiger partial charge in [-0.05, 0) is 104 Å². The van der Waals surface area contributed by atoms with Gasteiger partial charge >= 0.3 is 0 Å². The molecule has 1 aliphatic heterocycles. The number of aromatic hydroxyl groups is 1. The topological polar surface area (TPSA) is 116 Å². The summed E-state index contributed by atoms with van der Waals surface area (Å²) in [4.78, 5) is 15.2. The largest absolute Gasteiger partial charge is 0.507 e. The maximum absolute atomic E-state index is 13.4. The van der Waals surface area contributed by atoms with Crippen LogP contribution < -0.4 is 10.1 Å². The Morgan fingerprint density at radius 3 is 2.42 bits per heavy atom. The Hall–Kier alpha value is -3.40. The molecule has 3 aliphatic rings. The number of likely N-dealkylation sites (tertiary alicyclic amines) is 1. The number of rotatable bonds is 9. The number of ether oxygens (including phenoxy) is 1. The normalized spacial score (nSPS) is 21.8. The van der Waals surface area contributed by atoms with Crippen LogP contribution in [0.3, 0.4) is 0 Å². The first kappa shape index (κ1) is 31.6. The molecule has 0 bridgehead atoms. The highest BCUT2D eigenvalue weighted by Gasteiger charge is 2.41. The molecule has 3 N–H and O–H groups in total. The minimum absolute atomic E-state index is 0.00759. The molecule has 0 aromatic heterocycles.